The van der Waals surface area contributed by atoms with E-state index in [1.54, 1.807) is 0 Å². The first-order valence-electron chi connectivity index (χ1n) is 5.42. The van der Waals surface area contributed by atoms with E-state index < -0.39 is 18.6 Å². The fourth-order valence-electron chi connectivity index (χ4n) is 1.85. The highest BCUT2D eigenvalue weighted by atomic mass is 16.4. The van der Waals surface area contributed by atoms with Crippen LogP contribution >= 0.6 is 0 Å². The summed E-state index contributed by atoms with van der Waals surface area (Å²) in [5, 5.41) is 23.0. The third kappa shape index (κ3) is 3.46. The molecule has 3 atom stereocenters. The number of carboxylic acid groups (broad SMARTS) is 1. The fourth-order valence-corrected chi connectivity index (χ4v) is 1.85. The monoisotopic (exact) mass is 230 g/mol. The van der Waals surface area contributed by atoms with Crippen molar-refractivity contribution in [2.45, 2.75) is 31.8 Å². The van der Waals surface area contributed by atoms with Crippen molar-refractivity contribution in [2.24, 2.45) is 5.92 Å². The maximum absolute atomic E-state index is 11.7. The van der Waals surface area contributed by atoms with Gasteiger partial charge < -0.3 is 20.8 Å². The molecule has 0 aromatic rings. The van der Waals surface area contributed by atoms with E-state index in [9.17, 15) is 9.59 Å². The average molecular weight is 230 g/mol. The molecule has 2 unspecified atom stereocenters. The van der Waals surface area contributed by atoms with Gasteiger partial charge in [0.25, 0.3) is 0 Å². The van der Waals surface area contributed by atoms with E-state index in [0.717, 1.165) is 6.54 Å². The third-order valence-electron chi connectivity index (χ3n) is 2.79. The maximum Gasteiger partial charge on any atom is 0.328 e. The molecule has 1 aliphatic rings. The Morgan fingerprint density at radius 1 is 1.56 bits per heavy atom. The van der Waals surface area contributed by atoms with Crippen LogP contribution in [0.5, 0.6) is 0 Å². The molecule has 0 aromatic heterocycles. The third-order valence-corrected chi connectivity index (χ3v) is 2.79. The summed E-state index contributed by atoms with van der Waals surface area (Å²) in [7, 11) is 0. The summed E-state index contributed by atoms with van der Waals surface area (Å²) in [6.07, 6.45) is 1.40. The molecule has 1 heterocycles. The van der Waals surface area contributed by atoms with Gasteiger partial charge in [-0.25, -0.2) is 4.79 Å². The van der Waals surface area contributed by atoms with Crippen molar-refractivity contribution in [3.63, 3.8) is 0 Å². The highest BCUT2D eigenvalue weighted by Crippen LogP contribution is 2.16. The summed E-state index contributed by atoms with van der Waals surface area (Å²) in [4.78, 5) is 22.3. The minimum atomic E-state index is -1.21. The predicted octanol–water partition coefficient (Wildman–Crippen LogP) is -1.06. The van der Waals surface area contributed by atoms with Gasteiger partial charge in [0.05, 0.1) is 6.61 Å². The molecule has 6 heteroatoms. The largest absolute Gasteiger partial charge is 0.480 e. The highest BCUT2D eigenvalue weighted by Gasteiger charge is 2.27. The van der Waals surface area contributed by atoms with Gasteiger partial charge in [-0.1, -0.05) is 0 Å². The van der Waals surface area contributed by atoms with E-state index in [4.69, 9.17) is 10.2 Å². The van der Waals surface area contributed by atoms with Crippen LogP contribution in [0.25, 0.3) is 0 Å². The van der Waals surface area contributed by atoms with Crippen molar-refractivity contribution in [2.75, 3.05) is 13.2 Å². The zero-order valence-electron chi connectivity index (χ0n) is 9.27. The van der Waals surface area contributed by atoms with Crippen LogP contribution in [-0.2, 0) is 9.59 Å². The van der Waals surface area contributed by atoms with Crippen molar-refractivity contribution in [1.29, 1.82) is 0 Å². The van der Waals surface area contributed by atoms with Crippen LogP contribution < -0.4 is 10.6 Å². The standard InChI is InChI=1S/C10H18N2O4/c1-6-4-7(2-3-11-6)9(14)12-8(5-13)10(15)16/h6-8,11,13H,2-5H2,1H3,(H,12,14)(H,15,16)/t6?,7?,8-/m1/s1. The Kier molecular flexibility index (Phi) is 4.70. The zero-order chi connectivity index (χ0) is 12.1. The lowest BCUT2D eigenvalue weighted by molar-refractivity contribution is -0.143. The molecule has 6 nitrogen and oxygen atoms in total. The van der Waals surface area contributed by atoms with Crippen LogP contribution in [0, 0.1) is 5.92 Å². The van der Waals surface area contributed by atoms with Crippen molar-refractivity contribution in [1.82, 2.24) is 10.6 Å². The summed E-state index contributed by atoms with van der Waals surface area (Å²) in [6, 6.07) is -0.931. The average Bonchev–Trinajstić information content (AvgIpc) is 2.25. The van der Waals surface area contributed by atoms with Crippen LogP contribution in [0.1, 0.15) is 19.8 Å². The Morgan fingerprint density at radius 2 is 2.25 bits per heavy atom. The number of rotatable bonds is 4. The quantitative estimate of drug-likeness (QED) is 0.493. The smallest absolute Gasteiger partial charge is 0.328 e. The maximum atomic E-state index is 11.7. The lowest BCUT2D eigenvalue weighted by Gasteiger charge is -2.27. The lowest BCUT2D eigenvalue weighted by Crippen LogP contribution is -2.49. The summed E-state index contributed by atoms with van der Waals surface area (Å²) >= 11 is 0. The van der Waals surface area contributed by atoms with E-state index >= 15 is 0 Å². The summed E-state index contributed by atoms with van der Waals surface area (Å²) in [5.41, 5.74) is 0. The summed E-state index contributed by atoms with van der Waals surface area (Å²) in [5.74, 6) is -1.66. The number of hydrogen-bond donors (Lipinski definition) is 4. The van der Waals surface area contributed by atoms with E-state index in [0.29, 0.717) is 12.8 Å². The first-order valence-corrected chi connectivity index (χ1v) is 5.42. The van der Waals surface area contributed by atoms with Crippen LogP contribution in [0.3, 0.4) is 0 Å². The molecule has 1 fully saturated rings. The number of carboxylic acids is 1. The molecule has 0 aromatic carbocycles. The SMILES string of the molecule is CC1CC(C(=O)N[C@H](CO)C(=O)O)CCN1. The zero-order valence-corrected chi connectivity index (χ0v) is 9.27. The Morgan fingerprint density at radius 3 is 2.75 bits per heavy atom. The number of carbonyl (C=O) groups is 2. The number of aliphatic hydroxyl groups is 1. The Labute approximate surface area is 94.0 Å². The first kappa shape index (κ1) is 12.9. The second-order valence-corrected chi connectivity index (χ2v) is 4.16. The molecule has 0 spiro atoms. The number of aliphatic carboxylic acids is 1. The normalized spacial score (nSPS) is 27.1. The molecular weight excluding hydrogens is 212 g/mol. The Balaban J connectivity index is 2.47. The molecule has 1 amide bonds. The molecule has 92 valence electrons. The summed E-state index contributed by atoms with van der Waals surface area (Å²) < 4.78 is 0. The second-order valence-electron chi connectivity index (χ2n) is 4.16. The number of amides is 1. The topological polar surface area (TPSA) is 98.7 Å². The van der Waals surface area contributed by atoms with Crippen molar-refractivity contribution >= 4 is 11.9 Å². The Bertz CT molecular complexity index is 270. The van der Waals surface area contributed by atoms with Gasteiger partial charge in [-0.15, -0.1) is 0 Å². The predicted molar refractivity (Wildman–Crippen MR) is 56.8 cm³/mol. The van der Waals surface area contributed by atoms with Gasteiger partial charge in [-0.2, -0.15) is 0 Å². The first-order chi connectivity index (χ1) is 7.54. The van der Waals surface area contributed by atoms with Crippen molar-refractivity contribution in [3.05, 3.63) is 0 Å². The number of aliphatic hydroxyl groups excluding tert-OH is 1. The number of nitrogens with one attached hydrogen (secondary N) is 2. The van der Waals surface area contributed by atoms with Crippen LogP contribution in [0.4, 0.5) is 0 Å². The molecule has 1 rings (SSSR count). The van der Waals surface area contributed by atoms with E-state index in [1.165, 1.54) is 0 Å². The number of hydrogen-bond acceptors (Lipinski definition) is 4. The van der Waals surface area contributed by atoms with Crippen LogP contribution in [-0.4, -0.2) is 47.3 Å². The molecule has 1 saturated heterocycles. The van der Waals surface area contributed by atoms with Gasteiger partial charge in [-0.3, -0.25) is 4.79 Å². The molecule has 1 aliphatic heterocycles. The molecule has 0 saturated carbocycles. The van der Waals surface area contributed by atoms with Gasteiger partial charge in [0.2, 0.25) is 5.91 Å². The van der Waals surface area contributed by atoms with E-state index in [2.05, 4.69) is 10.6 Å². The van der Waals surface area contributed by atoms with Gasteiger partial charge in [0.1, 0.15) is 6.04 Å². The molecule has 4 N–H and O–H groups in total. The molecule has 0 radical (unpaired) electrons. The van der Waals surface area contributed by atoms with Gasteiger partial charge >= 0.3 is 5.97 Å². The minimum Gasteiger partial charge on any atom is -0.480 e. The molecule has 16 heavy (non-hydrogen) atoms. The van der Waals surface area contributed by atoms with Crippen LogP contribution in [0.2, 0.25) is 0 Å². The Hall–Kier alpha value is -1.14. The highest BCUT2D eigenvalue weighted by molar-refractivity contribution is 5.85. The van der Waals surface area contributed by atoms with Crippen molar-refractivity contribution < 1.29 is 19.8 Å². The second kappa shape index (κ2) is 5.81. The lowest BCUT2D eigenvalue weighted by atomic mass is 9.92. The number of piperidine rings is 1. The summed E-state index contributed by atoms with van der Waals surface area (Å²) in [6.45, 7) is 2.16. The number of carbonyl (C=O) groups excluding carboxylic acids is 1. The van der Waals surface area contributed by atoms with E-state index in [-0.39, 0.29) is 17.9 Å². The minimum absolute atomic E-state index is 0.162. The van der Waals surface area contributed by atoms with E-state index in [1.807, 2.05) is 6.92 Å². The van der Waals surface area contributed by atoms with Gasteiger partial charge in [0.15, 0.2) is 0 Å². The molecule has 0 aliphatic carbocycles. The van der Waals surface area contributed by atoms with Crippen LogP contribution in [0.15, 0.2) is 0 Å². The molecule has 0 bridgehead atoms. The van der Waals surface area contributed by atoms with Crippen molar-refractivity contribution in [3.8, 4) is 0 Å². The fraction of sp³-hybridized carbons (Fsp3) is 0.800. The van der Waals surface area contributed by atoms with Gasteiger partial charge in [-0.05, 0) is 26.3 Å². The molecular formula is C10H18N2O4. The van der Waals surface area contributed by atoms with Gasteiger partial charge in [0, 0.05) is 12.0 Å².